The fraction of sp³-hybridized carbons (Fsp3) is 0.391. The molecule has 0 bridgehead atoms. The Balaban J connectivity index is 2.18. The number of nitrogens with one attached hydrogen (secondary N) is 1. The Hall–Kier alpha value is -2.33. The Kier molecular flexibility index (Phi) is 8.52. The molecule has 0 aliphatic heterocycles. The maximum atomic E-state index is 13.1. The summed E-state index contributed by atoms with van der Waals surface area (Å²) in [6.07, 6.45) is 2.19. The van der Waals surface area contributed by atoms with E-state index >= 15 is 0 Å². The number of rotatable bonds is 9. The average Bonchev–Trinajstić information content (AvgIpc) is 2.65. The topological polar surface area (TPSA) is 49.4 Å². The summed E-state index contributed by atoms with van der Waals surface area (Å²) in [5, 5.41) is 3.54. The fourth-order valence-electron chi connectivity index (χ4n) is 3.05. The maximum absolute atomic E-state index is 13.1. The second kappa shape index (κ2) is 10.9. The number of carbonyl (C=O) groups is 2. The van der Waals surface area contributed by atoms with Crippen molar-refractivity contribution in [1.82, 2.24) is 10.2 Å². The number of hydrogen-bond acceptors (Lipinski definition) is 2. The van der Waals surface area contributed by atoms with Crippen molar-refractivity contribution in [2.75, 3.05) is 6.54 Å². The second-order valence-electron chi connectivity index (χ2n) is 7.14. The molecule has 0 saturated carbocycles. The van der Waals surface area contributed by atoms with Gasteiger partial charge in [0.25, 0.3) is 0 Å². The highest BCUT2D eigenvalue weighted by atomic mass is 35.5. The van der Waals surface area contributed by atoms with Crippen LogP contribution in [0, 0.1) is 6.92 Å². The Morgan fingerprint density at radius 3 is 2.50 bits per heavy atom. The van der Waals surface area contributed by atoms with Crippen LogP contribution in [0.4, 0.5) is 0 Å². The smallest absolute Gasteiger partial charge is 0.242 e. The average molecular weight is 401 g/mol. The van der Waals surface area contributed by atoms with Gasteiger partial charge in [-0.1, -0.05) is 66.9 Å². The van der Waals surface area contributed by atoms with Crippen LogP contribution in [-0.4, -0.2) is 29.3 Å². The van der Waals surface area contributed by atoms with Gasteiger partial charge in [-0.25, -0.2) is 0 Å². The van der Waals surface area contributed by atoms with E-state index in [1.54, 1.807) is 17.9 Å². The van der Waals surface area contributed by atoms with Crippen LogP contribution < -0.4 is 5.32 Å². The largest absolute Gasteiger partial charge is 0.354 e. The van der Waals surface area contributed by atoms with E-state index in [1.165, 1.54) is 0 Å². The predicted octanol–water partition coefficient (Wildman–Crippen LogP) is 4.52. The molecule has 0 spiro atoms. The first-order chi connectivity index (χ1) is 13.4. The minimum atomic E-state index is -0.562. The normalized spacial score (nSPS) is 11.7. The number of amides is 2. The van der Waals surface area contributed by atoms with Gasteiger partial charge in [-0.3, -0.25) is 9.59 Å². The first-order valence-corrected chi connectivity index (χ1v) is 10.2. The number of nitrogens with zero attached hydrogens (tertiary/aromatic N) is 1. The molecular weight excluding hydrogens is 372 g/mol. The van der Waals surface area contributed by atoms with Crippen LogP contribution in [0.2, 0.25) is 5.02 Å². The zero-order valence-corrected chi connectivity index (χ0v) is 17.6. The van der Waals surface area contributed by atoms with Crippen LogP contribution >= 0.6 is 11.6 Å². The summed E-state index contributed by atoms with van der Waals surface area (Å²) in [5.41, 5.74) is 2.95. The van der Waals surface area contributed by atoms with E-state index in [2.05, 4.69) is 12.2 Å². The van der Waals surface area contributed by atoms with E-state index in [4.69, 9.17) is 11.6 Å². The van der Waals surface area contributed by atoms with Crippen molar-refractivity contribution in [3.05, 3.63) is 70.2 Å². The molecule has 4 nitrogen and oxygen atoms in total. The van der Waals surface area contributed by atoms with Crippen molar-refractivity contribution in [3.8, 4) is 0 Å². The number of aryl methyl sites for hydroxylation is 1. The van der Waals surface area contributed by atoms with Gasteiger partial charge in [-0.05, 0) is 43.5 Å². The highest BCUT2D eigenvalue weighted by Gasteiger charge is 2.26. The summed E-state index contributed by atoms with van der Waals surface area (Å²) >= 11 is 6.10. The molecule has 0 aliphatic carbocycles. The van der Waals surface area contributed by atoms with Gasteiger partial charge in [0.1, 0.15) is 6.04 Å². The number of halogens is 1. The van der Waals surface area contributed by atoms with Crippen LogP contribution in [0.1, 0.15) is 43.4 Å². The van der Waals surface area contributed by atoms with E-state index in [0.29, 0.717) is 18.1 Å². The monoisotopic (exact) mass is 400 g/mol. The predicted molar refractivity (Wildman–Crippen MR) is 114 cm³/mol. The molecule has 2 amide bonds. The Bertz CT molecular complexity index is 807. The standard InChI is InChI=1S/C23H29ClN2O2/c1-4-5-12-25-23(28)18(3)26(16-20-10-7-11-21(24)14-20)22(27)15-19-9-6-8-17(2)13-19/h6-11,13-14,18H,4-5,12,15-16H2,1-3H3,(H,25,28)/t18-/m0/s1. The van der Waals surface area contributed by atoms with Gasteiger partial charge < -0.3 is 10.2 Å². The summed E-state index contributed by atoms with van der Waals surface area (Å²) < 4.78 is 0. The summed E-state index contributed by atoms with van der Waals surface area (Å²) in [6, 6.07) is 14.7. The van der Waals surface area contributed by atoms with Gasteiger partial charge in [-0.15, -0.1) is 0 Å². The second-order valence-corrected chi connectivity index (χ2v) is 7.57. The molecule has 1 N–H and O–H groups in total. The van der Waals surface area contributed by atoms with E-state index in [-0.39, 0.29) is 18.2 Å². The van der Waals surface area contributed by atoms with Crippen molar-refractivity contribution in [2.24, 2.45) is 0 Å². The zero-order chi connectivity index (χ0) is 20.5. The Labute approximate surface area is 172 Å². The van der Waals surface area contributed by atoms with Gasteiger partial charge in [0.15, 0.2) is 0 Å². The lowest BCUT2D eigenvalue weighted by molar-refractivity contribution is -0.140. The van der Waals surface area contributed by atoms with Crippen LogP contribution in [0.5, 0.6) is 0 Å². The van der Waals surface area contributed by atoms with Gasteiger partial charge in [0.2, 0.25) is 11.8 Å². The third kappa shape index (κ3) is 6.68. The molecule has 5 heteroatoms. The summed E-state index contributed by atoms with van der Waals surface area (Å²) in [5.74, 6) is -0.211. The molecule has 0 radical (unpaired) electrons. The lowest BCUT2D eigenvalue weighted by Crippen LogP contribution is -2.48. The van der Waals surface area contributed by atoms with Crippen molar-refractivity contribution < 1.29 is 9.59 Å². The van der Waals surface area contributed by atoms with Crippen molar-refractivity contribution in [1.29, 1.82) is 0 Å². The molecule has 2 rings (SSSR count). The molecule has 0 saturated heterocycles. The third-order valence-corrected chi connectivity index (χ3v) is 4.91. The Morgan fingerprint density at radius 2 is 1.82 bits per heavy atom. The Morgan fingerprint density at radius 1 is 1.11 bits per heavy atom. The molecular formula is C23H29ClN2O2. The highest BCUT2D eigenvalue weighted by Crippen LogP contribution is 2.16. The molecule has 0 fully saturated rings. The minimum Gasteiger partial charge on any atom is -0.354 e. The molecule has 28 heavy (non-hydrogen) atoms. The van der Waals surface area contributed by atoms with Crippen LogP contribution in [0.25, 0.3) is 0 Å². The lowest BCUT2D eigenvalue weighted by atomic mass is 10.1. The first-order valence-electron chi connectivity index (χ1n) is 9.78. The number of unbranched alkanes of at least 4 members (excludes halogenated alkanes) is 1. The molecule has 0 aromatic heterocycles. The maximum Gasteiger partial charge on any atom is 0.242 e. The summed E-state index contributed by atoms with van der Waals surface area (Å²) in [7, 11) is 0. The lowest BCUT2D eigenvalue weighted by Gasteiger charge is -2.29. The first kappa shape index (κ1) is 22.0. The van der Waals surface area contributed by atoms with E-state index in [1.807, 2.05) is 49.4 Å². The van der Waals surface area contributed by atoms with Gasteiger partial charge in [0, 0.05) is 18.1 Å². The molecule has 150 valence electrons. The molecule has 0 aliphatic rings. The van der Waals surface area contributed by atoms with Gasteiger partial charge in [0.05, 0.1) is 6.42 Å². The molecule has 1 atom stereocenters. The zero-order valence-electron chi connectivity index (χ0n) is 16.9. The molecule has 2 aromatic carbocycles. The van der Waals surface area contributed by atoms with Crippen LogP contribution in [0.3, 0.4) is 0 Å². The third-order valence-electron chi connectivity index (χ3n) is 4.68. The molecule has 2 aromatic rings. The SMILES string of the molecule is CCCCNC(=O)[C@H](C)N(Cc1cccc(Cl)c1)C(=O)Cc1cccc(C)c1. The fourth-order valence-corrected chi connectivity index (χ4v) is 3.26. The van der Waals surface area contributed by atoms with Gasteiger partial charge >= 0.3 is 0 Å². The van der Waals surface area contributed by atoms with Gasteiger partial charge in [-0.2, -0.15) is 0 Å². The van der Waals surface area contributed by atoms with Crippen molar-refractivity contribution in [2.45, 2.75) is 52.6 Å². The number of benzene rings is 2. The summed E-state index contributed by atoms with van der Waals surface area (Å²) in [6.45, 7) is 6.82. The number of hydrogen-bond donors (Lipinski definition) is 1. The minimum absolute atomic E-state index is 0.0799. The van der Waals surface area contributed by atoms with Crippen LogP contribution in [-0.2, 0) is 22.6 Å². The highest BCUT2D eigenvalue weighted by molar-refractivity contribution is 6.30. The van der Waals surface area contributed by atoms with Crippen molar-refractivity contribution >= 4 is 23.4 Å². The van der Waals surface area contributed by atoms with E-state index in [9.17, 15) is 9.59 Å². The summed E-state index contributed by atoms with van der Waals surface area (Å²) in [4.78, 5) is 27.3. The van der Waals surface area contributed by atoms with E-state index < -0.39 is 6.04 Å². The quantitative estimate of drug-likeness (QED) is 0.629. The van der Waals surface area contributed by atoms with E-state index in [0.717, 1.165) is 29.5 Å². The number of carbonyl (C=O) groups excluding carboxylic acids is 2. The van der Waals surface area contributed by atoms with Crippen molar-refractivity contribution in [3.63, 3.8) is 0 Å². The molecule has 0 unspecified atom stereocenters. The molecule has 0 heterocycles. The van der Waals surface area contributed by atoms with Crippen LogP contribution in [0.15, 0.2) is 48.5 Å².